The first-order valence-corrected chi connectivity index (χ1v) is 4.88. The van der Waals surface area contributed by atoms with E-state index in [1.54, 1.807) is 7.05 Å². The summed E-state index contributed by atoms with van der Waals surface area (Å²) in [6.45, 7) is 2.44. The van der Waals surface area contributed by atoms with Gasteiger partial charge in [-0.1, -0.05) is 0 Å². The maximum atomic E-state index is 4.92. The number of nitrogens with zero attached hydrogens (tertiary/aromatic N) is 1. The molecule has 0 saturated carbocycles. The van der Waals surface area contributed by atoms with Gasteiger partial charge in [0.2, 0.25) is 0 Å². The lowest BCUT2D eigenvalue weighted by atomic mass is 10.4. The fraction of sp³-hybridized carbons (Fsp3) is 0.500. The van der Waals surface area contributed by atoms with Gasteiger partial charge in [0.25, 0.3) is 0 Å². The average molecular weight is 213 g/mol. The van der Waals surface area contributed by atoms with Crippen molar-refractivity contribution in [2.24, 2.45) is 0 Å². The second-order valence-corrected chi connectivity index (χ2v) is 3.16. The van der Waals surface area contributed by atoms with Gasteiger partial charge in [0.15, 0.2) is 5.11 Å². The van der Waals surface area contributed by atoms with Crippen LogP contribution in [0.2, 0.25) is 0 Å². The van der Waals surface area contributed by atoms with Crippen molar-refractivity contribution in [3.05, 3.63) is 18.0 Å². The highest BCUT2D eigenvalue weighted by Crippen LogP contribution is 1.88. The molecule has 0 aromatic carbocycles. The molecule has 0 atom stereocenters. The Balaban J connectivity index is 1.97. The Labute approximate surface area is 88.7 Å². The summed E-state index contributed by atoms with van der Waals surface area (Å²) in [4.78, 5) is 0. The third kappa shape index (κ3) is 4.20. The van der Waals surface area contributed by atoms with E-state index in [4.69, 9.17) is 12.2 Å². The minimum absolute atomic E-state index is 0.673. The largest absolute Gasteiger partial charge is 0.366 e. The summed E-state index contributed by atoms with van der Waals surface area (Å²) < 4.78 is 0. The number of hydrogen-bond acceptors (Lipinski definition) is 3. The van der Waals surface area contributed by atoms with E-state index >= 15 is 0 Å². The van der Waals surface area contributed by atoms with Crippen LogP contribution in [0.5, 0.6) is 0 Å². The van der Waals surface area contributed by atoms with E-state index < -0.39 is 0 Å². The SMILES string of the molecule is CNC(=S)NCCNCc1cc[nH]n1. The van der Waals surface area contributed by atoms with Crippen LogP contribution in [0.15, 0.2) is 12.3 Å². The molecule has 0 aliphatic heterocycles. The Hall–Kier alpha value is -1.14. The van der Waals surface area contributed by atoms with Crippen molar-refractivity contribution < 1.29 is 0 Å². The molecule has 0 aliphatic rings. The van der Waals surface area contributed by atoms with Crippen LogP contribution in [-0.2, 0) is 6.54 Å². The molecule has 0 amide bonds. The van der Waals surface area contributed by atoms with Crippen LogP contribution in [0.4, 0.5) is 0 Å². The minimum Gasteiger partial charge on any atom is -0.366 e. The predicted octanol–water partition coefficient (Wildman–Crippen LogP) is -0.407. The van der Waals surface area contributed by atoms with Crippen LogP contribution in [0.3, 0.4) is 0 Å². The second-order valence-electron chi connectivity index (χ2n) is 2.75. The molecule has 0 spiro atoms. The number of H-pyrrole nitrogens is 1. The Morgan fingerprint density at radius 3 is 3.07 bits per heavy atom. The molecule has 1 aromatic heterocycles. The zero-order chi connectivity index (χ0) is 10.2. The van der Waals surface area contributed by atoms with E-state index in [0.717, 1.165) is 25.3 Å². The van der Waals surface area contributed by atoms with Crippen LogP contribution in [-0.4, -0.2) is 35.4 Å². The molecule has 5 nitrogen and oxygen atoms in total. The molecular weight excluding hydrogens is 198 g/mol. The lowest BCUT2D eigenvalue weighted by Gasteiger charge is -2.06. The fourth-order valence-corrected chi connectivity index (χ4v) is 1.06. The highest BCUT2D eigenvalue weighted by Gasteiger charge is 1.93. The third-order valence-corrected chi connectivity index (χ3v) is 2.03. The van der Waals surface area contributed by atoms with Crippen molar-refractivity contribution >= 4 is 17.3 Å². The molecular formula is C8H15N5S. The first-order chi connectivity index (χ1) is 6.83. The van der Waals surface area contributed by atoms with Crippen LogP contribution >= 0.6 is 12.2 Å². The van der Waals surface area contributed by atoms with E-state index in [2.05, 4.69) is 26.1 Å². The maximum Gasteiger partial charge on any atom is 0.166 e. The molecule has 0 saturated heterocycles. The summed E-state index contributed by atoms with van der Waals surface area (Å²) in [6, 6.07) is 1.94. The molecule has 4 N–H and O–H groups in total. The number of thiocarbonyl (C=S) groups is 1. The lowest BCUT2D eigenvalue weighted by Crippen LogP contribution is -2.37. The van der Waals surface area contributed by atoms with Gasteiger partial charge < -0.3 is 16.0 Å². The smallest absolute Gasteiger partial charge is 0.166 e. The van der Waals surface area contributed by atoms with Crippen molar-refractivity contribution in [1.82, 2.24) is 26.1 Å². The molecule has 0 radical (unpaired) electrons. The van der Waals surface area contributed by atoms with Gasteiger partial charge in [-0.15, -0.1) is 0 Å². The molecule has 0 aliphatic carbocycles. The zero-order valence-electron chi connectivity index (χ0n) is 8.13. The molecule has 1 heterocycles. The Bertz CT molecular complexity index is 259. The van der Waals surface area contributed by atoms with Gasteiger partial charge in [-0.05, 0) is 18.3 Å². The number of hydrogen-bond donors (Lipinski definition) is 4. The number of aromatic amines is 1. The summed E-state index contributed by atoms with van der Waals surface area (Å²) in [6.07, 6.45) is 1.81. The van der Waals surface area contributed by atoms with Gasteiger partial charge in [0, 0.05) is 32.9 Å². The Morgan fingerprint density at radius 2 is 2.43 bits per heavy atom. The quantitative estimate of drug-likeness (QED) is 0.396. The molecule has 6 heteroatoms. The van der Waals surface area contributed by atoms with Gasteiger partial charge in [0.1, 0.15) is 0 Å². The van der Waals surface area contributed by atoms with Crippen molar-refractivity contribution in [3.8, 4) is 0 Å². The zero-order valence-corrected chi connectivity index (χ0v) is 8.95. The molecule has 0 fully saturated rings. The normalized spacial score (nSPS) is 9.79. The van der Waals surface area contributed by atoms with Crippen molar-refractivity contribution in [3.63, 3.8) is 0 Å². The highest BCUT2D eigenvalue weighted by atomic mass is 32.1. The van der Waals surface area contributed by atoms with E-state index in [9.17, 15) is 0 Å². The van der Waals surface area contributed by atoms with Gasteiger partial charge >= 0.3 is 0 Å². The summed E-state index contributed by atoms with van der Waals surface area (Å²) in [5.74, 6) is 0. The molecule has 1 rings (SSSR count). The molecule has 1 aromatic rings. The molecule has 14 heavy (non-hydrogen) atoms. The standard InChI is InChI=1S/C8H15N5S/c1-9-8(14)11-5-4-10-6-7-2-3-12-13-7/h2-3,10H,4-6H2,1H3,(H,12,13)(H2,9,11,14). The summed E-state index contributed by atoms with van der Waals surface area (Å²) in [5.41, 5.74) is 1.01. The lowest BCUT2D eigenvalue weighted by molar-refractivity contribution is 0.658. The molecule has 78 valence electrons. The molecule has 0 bridgehead atoms. The average Bonchev–Trinajstić information content (AvgIpc) is 2.69. The van der Waals surface area contributed by atoms with Gasteiger partial charge in [-0.2, -0.15) is 5.10 Å². The van der Waals surface area contributed by atoms with Crippen molar-refractivity contribution in [2.45, 2.75) is 6.54 Å². The van der Waals surface area contributed by atoms with E-state index in [0.29, 0.717) is 5.11 Å². The van der Waals surface area contributed by atoms with Gasteiger partial charge in [0.05, 0.1) is 5.69 Å². The third-order valence-electron chi connectivity index (χ3n) is 1.68. The molecule has 0 unspecified atom stereocenters. The van der Waals surface area contributed by atoms with E-state index in [1.807, 2.05) is 12.3 Å². The van der Waals surface area contributed by atoms with Crippen LogP contribution < -0.4 is 16.0 Å². The monoisotopic (exact) mass is 213 g/mol. The number of aromatic nitrogens is 2. The summed E-state index contributed by atoms with van der Waals surface area (Å²) >= 11 is 4.92. The van der Waals surface area contributed by atoms with Crippen molar-refractivity contribution in [1.29, 1.82) is 0 Å². The summed E-state index contributed by atoms with van der Waals surface area (Å²) in [7, 11) is 1.80. The second kappa shape index (κ2) is 6.33. The Morgan fingerprint density at radius 1 is 1.57 bits per heavy atom. The Kier molecular flexibility index (Phi) is 4.95. The van der Waals surface area contributed by atoms with Crippen LogP contribution in [0.1, 0.15) is 5.69 Å². The van der Waals surface area contributed by atoms with Crippen LogP contribution in [0.25, 0.3) is 0 Å². The van der Waals surface area contributed by atoms with Crippen molar-refractivity contribution in [2.75, 3.05) is 20.1 Å². The number of rotatable bonds is 5. The van der Waals surface area contributed by atoms with E-state index in [-0.39, 0.29) is 0 Å². The fourth-order valence-electron chi connectivity index (χ4n) is 0.959. The minimum atomic E-state index is 0.673. The highest BCUT2D eigenvalue weighted by molar-refractivity contribution is 7.80. The van der Waals surface area contributed by atoms with E-state index in [1.165, 1.54) is 0 Å². The number of nitrogens with one attached hydrogen (secondary N) is 4. The first kappa shape index (κ1) is 10.9. The van der Waals surface area contributed by atoms with Gasteiger partial charge in [-0.25, -0.2) is 0 Å². The first-order valence-electron chi connectivity index (χ1n) is 4.48. The topological polar surface area (TPSA) is 64.8 Å². The summed E-state index contributed by atoms with van der Waals surface area (Å²) in [5, 5.41) is 16.6. The predicted molar refractivity (Wildman–Crippen MR) is 60.0 cm³/mol. The van der Waals surface area contributed by atoms with Crippen LogP contribution in [0, 0.1) is 0 Å². The van der Waals surface area contributed by atoms with Gasteiger partial charge in [-0.3, -0.25) is 5.10 Å². The maximum absolute atomic E-state index is 4.92.